The number of carbonyl (C=O) groups excluding carboxylic acids is 1. The number of amides is 1. The molecule has 1 saturated heterocycles. The van der Waals surface area contributed by atoms with Gasteiger partial charge in [-0.05, 0) is 45.8 Å². The first kappa shape index (κ1) is 14.5. The molecule has 17 heavy (non-hydrogen) atoms. The number of hydrogen-bond acceptors (Lipinski definition) is 3. The SMILES string of the molecule is CCC1CN(C)CCCN1C(=O)CCCCN. The fourth-order valence-corrected chi connectivity index (χ4v) is 2.49. The van der Waals surface area contributed by atoms with Gasteiger partial charge in [0.25, 0.3) is 0 Å². The summed E-state index contributed by atoms with van der Waals surface area (Å²) in [6.07, 6.45) is 4.69. The summed E-state index contributed by atoms with van der Waals surface area (Å²) in [6.45, 7) is 5.89. The molecule has 0 radical (unpaired) electrons. The van der Waals surface area contributed by atoms with Gasteiger partial charge in [-0.25, -0.2) is 0 Å². The molecule has 4 nitrogen and oxygen atoms in total. The van der Waals surface area contributed by atoms with Crippen LogP contribution in [-0.4, -0.2) is 55.0 Å². The molecule has 1 unspecified atom stereocenters. The Morgan fingerprint density at radius 3 is 2.76 bits per heavy atom. The van der Waals surface area contributed by atoms with Crippen molar-refractivity contribution < 1.29 is 4.79 Å². The molecule has 100 valence electrons. The minimum Gasteiger partial charge on any atom is -0.338 e. The predicted octanol–water partition coefficient (Wildman–Crippen LogP) is 1.06. The van der Waals surface area contributed by atoms with Crippen molar-refractivity contribution in [2.75, 3.05) is 33.2 Å². The van der Waals surface area contributed by atoms with Gasteiger partial charge in [-0.3, -0.25) is 4.79 Å². The normalized spacial score (nSPS) is 22.5. The van der Waals surface area contributed by atoms with Gasteiger partial charge >= 0.3 is 0 Å². The number of nitrogens with two attached hydrogens (primary N) is 1. The molecule has 0 aliphatic carbocycles. The number of hydrogen-bond donors (Lipinski definition) is 1. The highest BCUT2D eigenvalue weighted by atomic mass is 16.2. The van der Waals surface area contributed by atoms with E-state index in [0.29, 0.717) is 24.9 Å². The van der Waals surface area contributed by atoms with Crippen LogP contribution in [0, 0.1) is 0 Å². The topological polar surface area (TPSA) is 49.6 Å². The summed E-state index contributed by atoms with van der Waals surface area (Å²) >= 11 is 0. The third kappa shape index (κ3) is 4.64. The monoisotopic (exact) mass is 241 g/mol. The largest absolute Gasteiger partial charge is 0.338 e. The van der Waals surface area contributed by atoms with Crippen LogP contribution in [0.15, 0.2) is 0 Å². The highest BCUT2D eigenvalue weighted by Gasteiger charge is 2.25. The lowest BCUT2D eigenvalue weighted by Gasteiger charge is -2.30. The molecule has 0 aromatic rings. The van der Waals surface area contributed by atoms with Crippen LogP contribution in [0.25, 0.3) is 0 Å². The van der Waals surface area contributed by atoms with Crippen LogP contribution >= 0.6 is 0 Å². The van der Waals surface area contributed by atoms with Gasteiger partial charge in [0.1, 0.15) is 0 Å². The van der Waals surface area contributed by atoms with Crippen molar-refractivity contribution in [2.24, 2.45) is 5.73 Å². The summed E-state index contributed by atoms with van der Waals surface area (Å²) < 4.78 is 0. The summed E-state index contributed by atoms with van der Waals surface area (Å²) in [4.78, 5) is 16.6. The number of unbranched alkanes of at least 4 members (excludes halogenated alkanes) is 1. The molecule has 1 aliphatic heterocycles. The second kappa shape index (κ2) is 7.67. The van der Waals surface area contributed by atoms with E-state index in [4.69, 9.17) is 5.73 Å². The fourth-order valence-electron chi connectivity index (χ4n) is 2.49. The molecule has 0 spiro atoms. The number of rotatable bonds is 5. The zero-order chi connectivity index (χ0) is 12.7. The van der Waals surface area contributed by atoms with Crippen molar-refractivity contribution in [1.29, 1.82) is 0 Å². The van der Waals surface area contributed by atoms with E-state index < -0.39 is 0 Å². The van der Waals surface area contributed by atoms with E-state index in [1.165, 1.54) is 0 Å². The maximum atomic E-state index is 12.2. The number of nitrogens with zero attached hydrogens (tertiary/aromatic N) is 2. The number of carbonyl (C=O) groups is 1. The van der Waals surface area contributed by atoms with Gasteiger partial charge < -0.3 is 15.5 Å². The van der Waals surface area contributed by atoms with Gasteiger partial charge in [0.2, 0.25) is 5.91 Å². The lowest BCUT2D eigenvalue weighted by molar-refractivity contribution is -0.133. The molecular weight excluding hydrogens is 214 g/mol. The van der Waals surface area contributed by atoms with E-state index in [1.807, 2.05) is 0 Å². The Morgan fingerprint density at radius 2 is 2.12 bits per heavy atom. The lowest BCUT2D eigenvalue weighted by Crippen LogP contribution is -2.43. The quantitative estimate of drug-likeness (QED) is 0.732. The van der Waals surface area contributed by atoms with E-state index in [-0.39, 0.29) is 0 Å². The first-order valence-electron chi connectivity index (χ1n) is 6.87. The molecule has 1 fully saturated rings. The maximum absolute atomic E-state index is 12.2. The van der Waals surface area contributed by atoms with E-state index >= 15 is 0 Å². The molecule has 4 heteroatoms. The second-order valence-electron chi connectivity index (χ2n) is 5.01. The summed E-state index contributed by atoms with van der Waals surface area (Å²) in [5.41, 5.74) is 5.46. The molecule has 2 N–H and O–H groups in total. The zero-order valence-electron chi connectivity index (χ0n) is 11.3. The highest BCUT2D eigenvalue weighted by Crippen LogP contribution is 2.14. The molecular formula is C13H27N3O. The van der Waals surface area contributed by atoms with Crippen molar-refractivity contribution in [3.63, 3.8) is 0 Å². The van der Waals surface area contributed by atoms with E-state index in [1.54, 1.807) is 0 Å². The minimum atomic E-state index is 0.320. The van der Waals surface area contributed by atoms with Crippen molar-refractivity contribution in [1.82, 2.24) is 9.80 Å². The minimum absolute atomic E-state index is 0.320. The van der Waals surface area contributed by atoms with Gasteiger partial charge in [-0.15, -0.1) is 0 Å². The van der Waals surface area contributed by atoms with E-state index in [9.17, 15) is 4.79 Å². The average Bonchev–Trinajstić information content (AvgIpc) is 2.50. The van der Waals surface area contributed by atoms with Gasteiger partial charge in [0.15, 0.2) is 0 Å². The van der Waals surface area contributed by atoms with Crippen LogP contribution in [0.2, 0.25) is 0 Å². The van der Waals surface area contributed by atoms with Crippen LogP contribution in [0.5, 0.6) is 0 Å². The van der Waals surface area contributed by atoms with Crippen LogP contribution in [0.4, 0.5) is 0 Å². The smallest absolute Gasteiger partial charge is 0.222 e. The zero-order valence-corrected chi connectivity index (χ0v) is 11.3. The van der Waals surface area contributed by atoms with Crippen molar-refractivity contribution in [2.45, 2.75) is 45.1 Å². The third-order valence-electron chi connectivity index (χ3n) is 3.54. The molecule has 0 bridgehead atoms. The molecule has 1 aliphatic rings. The molecule has 1 rings (SSSR count). The second-order valence-corrected chi connectivity index (χ2v) is 5.01. The molecule has 0 saturated carbocycles. The van der Waals surface area contributed by atoms with Crippen LogP contribution < -0.4 is 5.73 Å². The number of likely N-dealkylation sites (N-methyl/N-ethyl adjacent to an activating group) is 1. The Bertz CT molecular complexity index is 233. The summed E-state index contributed by atoms with van der Waals surface area (Å²) in [5.74, 6) is 0.320. The summed E-state index contributed by atoms with van der Waals surface area (Å²) in [5, 5.41) is 0. The van der Waals surface area contributed by atoms with Crippen LogP contribution in [-0.2, 0) is 4.79 Å². The Balaban J connectivity index is 2.49. The standard InChI is InChI=1S/C13H27N3O/c1-3-12-11-15(2)9-6-10-16(12)13(17)7-4-5-8-14/h12H,3-11,14H2,1-2H3. The van der Waals surface area contributed by atoms with Crippen LogP contribution in [0.1, 0.15) is 39.0 Å². The van der Waals surface area contributed by atoms with Gasteiger partial charge in [-0.1, -0.05) is 6.92 Å². The predicted molar refractivity (Wildman–Crippen MR) is 70.8 cm³/mol. The van der Waals surface area contributed by atoms with Gasteiger partial charge in [0, 0.05) is 25.6 Å². The fraction of sp³-hybridized carbons (Fsp3) is 0.923. The first-order valence-corrected chi connectivity index (χ1v) is 6.87. The Kier molecular flexibility index (Phi) is 6.52. The highest BCUT2D eigenvalue weighted by molar-refractivity contribution is 5.76. The van der Waals surface area contributed by atoms with E-state index in [0.717, 1.165) is 45.3 Å². The third-order valence-corrected chi connectivity index (χ3v) is 3.54. The maximum Gasteiger partial charge on any atom is 0.222 e. The van der Waals surface area contributed by atoms with Crippen LogP contribution in [0.3, 0.4) is 0 Å². The molecule has 1 amide bonds. The molecule has 0 aromatic heterocycles. The molecule has 0 aromatic carbocycles. The lowest BCUT2D eigenvalue weighted by atomic mass is 10.1. The Labute approximate surface area is 105 Å². The average molecular weight is 241 g/mol. The first-order chi connectivity index (χ1) is 8.19. The Morgan fingerprint density at radius 1 is 1.35 bits per heavy atom. The van der Waals surface area contributed by atoms with E-state index in [2.05, 4.69) is 23.8 Å². The summed E-state index contributed by atoms with van der Waals surface area (Å²) in [6, 6.07) is 0.396. The molecule has 1 heterocycles. The molecule has 1 atom stereocenters. The van der Waals surface area contributed by atoms with Crippen molar-refractivity contribution in [3.8, 4) is 0 Å². The van der Waals surface area contributed by atoms with Gasteiger partial charge in [0.05, 0.1) is 0 Å². The van der Waals surface area contributed by atoms with Crippen molar-refractivity contribution >= 4 is 5.91 Å². The van der Waals surface area contributed by atoms with Crippen molar-refractivity contribution in [3.05, 3.63) is 0 Å². The summed E-state index contributed by atoms with van der Waals surface area (Å²) in [7, 11) is 2.14. The van der Waals surface area contributed by atoms with Gasteiger partial charge in [-0.2, -0.15) is 0 Å². The Hall–Kier alpha value is -0.610.